The third-order valence-electron chi connectivity index (χ3n) is 5.22. The molecule has 1 heterocycles. The Morgan fingerprint density at radius 3 is 2.75 bits per heavy atom. The Morgan fingerprint density at radius 1 is 1.25 bits per heavy atom. The molecule has 3 aliphatic rings. The summed E-state index contributed by atoms with van der Waals surface area (Å²) in [6.45, 7) is 5.97. The molecular weight excluding hydrogens is 148 g/mol. The van der Waals surface area contributed by atoms with Crippen LogP contribution in [-0.2, 0) is 4.74 Å². The fraction of sp³-hybridized carbons (Fsp3) is 1.00. The Kier molecular flexibility index (Phi) is 1.16. The molecule has 0 aromatic carbocycles. The number of rotatable bonds is 0. The first-order chi connectivity index (χ1) is 5.67. The first-order valence-corrected chi connectivity index (χ1v) is 5.28. The van der Waals surface area contributed by atoms with Crippen LogP contribution in [0.4, 0.5) is 0 Å². The maximum atomic E-state index is 5.84. The van der Waals surface area contributed by atoms with Gasteiger partial charge in [0.2, 0.25) is 0 Å². The average Bonchev–Trinajstić information content (AvgIpc) is 2.60. The second-order valence-corrected chi connectivity index (χ2v) is 5.46. The number of ether oxygens (including phenoxy) is 1. The minimum Gasteiger partial charge on any atom is -0.378 e. The van der Waals surface area contributed by atoms with E-state index in [4.69, 9.17) is 4.74 Å². The van der Waals surface area contributed by atoms with E-state index in [2.05, 4.69) is 13.8 Å². The molecule has 0 aromatic rings. The summed E-state index contributed by atoms with van der Waals surface area (Å²) in [5, 5.41) is 0. The van der Waals surface area contributed by atoms with E-state index in [1.165, 1.54) is 25.7 Å². The third-order valence-corrected chi connectivity index (χ3v) is 5.22. The van der Waals surface area contributed by atoms with E-state index in [1.807, 2.05) is 0 Å². The summed E-state index contributed by atoms with van der Waals surface area (Å²) in [5.74, 6) is 0.961. The summed E-state index contributed by atoms with van der Waals surface area (Å²) >= 11 is 0. The predicted octanol–water partition coefficient (Wildman–Crippen LogP) is 2.60. The molecule has 1 spiro atoms. The van der Waals surface area contributed by atoms with Crippen molar-refractivity contribution in [3.05, 3.63) is 0 Å². The van der Waals surface area contributed by atoms with Gasteiger partial charge in [-0.15, -0.1) is 0 Å². The monoisotopic (exact) mass is 166 g/mol. The molecular formula is C11H18O. The topological polar surface area (TPSA) is 9.23 Å². The molecule has 12 heavy (non-hydrogen) atoms. The van der Waals surface area contributed by atoms with Crippen LogP contribution in [0.5, 0.6) is 0 Å². The van der Waals surface area contributed by atoms with Crippen molar-refractivity contribution in [3.63, 3.8) is 0 Å². The Hall–Kier alpha value is -0.0400. The minimum atomic E-state index is 0.578. The molecule has 1 saturated heterocycles. The molecule has 1 nitrogen and oxygen atoms in total. The molecule has 0 amide bonds. The van der Waals surface area contributed by atoms with Crippen molar-refractivity contribution in [1.29, 1.82) is 0 Å². The van der Waals surface area contributed by atoms with Gasteiger partial charge in [-0.3, -0.25) is 0 Å². The van der Waals surface area contributed by atoms with Crippen molar-refractivity contribution in [2.75, 3.05) is 6.61 Å². The summed E-state index contributed by atoms with van der Waals surface area (Å²) < 4.78 is 5.84. The first kappa shape index (κ1) is 7.37. The zero-order valence-corrected chi connectivity index (χ0v) is 8.10. The van der Waals surface area contributed by atoms with E-state index < -0.39 is 0 Å². The Balaban J connectivity index is 2.09. The standard InChI is InChI=1S/C11H18O/c1-10(2)8-3-4-11(10)5-6-12-9(11)7-8/h8-9H,3-7H2,1-2H3/t8-,9+,11-/m0/s1. The van der Waals surface area contributed by atoms with Crippen LogP contribution < -0.4 is 0 Å². The van der Waals surface area contributed by atoms with Gasteiger partial charge in [0.15, 0.2) is 0 Å². The van der Waals surface area contributed by atoms with Crippen LogP contribution in [0, 0.1) is 16.7 Å². The molecule has 2 bridgehead atoms. The van der Waals surface area contributed by atoms with Crippen molar-refractivity contribution in [2.45, 2.75) is 45.6 Å². The lowest BCUT2D eigenvalue weighted by Crippen LogP contribution is -2.34. The van der Waals surface area contributed by atoms with Gasteiger partial charge in [0.1, 0.15) is 0 Å². The van der Waals surface area contributed by atoms with Crippen LogP contribution >= 0.6 is 0 Å². The van der Waals surface area contributed by atoms with Gasteiger partial charge in [-0.25, -0.2) is 0 Å². The zero-order valence-electron chi connectivity index (χ0n) is 8.10. The molecule has 0 unspecified atom stereocenters. The summed E-state index contributed by atoms with van der Waals surface area (Å²) in [5.41, 5.74) is 1.17. The molecule has 1 aliphatic heterocycles. The third kappa shape index (κ3) is 0.555. The quantitative estimate of drug-likeness (QED) is 0.537. The predicted molar refractivity (Wildman–Crippen MR) is 47.9 cm³/mol. The molecule has 0 N–H and O–H groups in total. The first-order valence-electron chi connectivity index (χ1n) is 5.28. The Labute approximate surface area is 74.5 Å². The van der Waals surface area contributed by atoms with Crippen molar-refractivity contribution in [2.24, 2.45) is 16.7 Å². The van der Waals surface area contributed by atoms with E-state index in [1.54, 1.807) is 0 Å². The largest absolute Gasteiger partial charge is 0.378 e. The van der Waals surface area contributed by atoms with Gasteiger partial charge in [0, 0.05) is 12.0 Å². The summed E-state index contributed by atoms with van der Waals surface area (Å²) in [4.78, 5) is 0. The van der Waals surface area contributed by atoms with Gasteiger partial charge >= 0.3 is 0 Å². The van der Waals surface area contributed by atoms with E-state index >= 15 is 0 Å². The molecule has 2 saturated carbocycles. The van der Waals surface area contributed by atoms with Crippen molar-refractivity contribution in [1.82, 2.24) is 0 Å². The lowest BCUT2D eigenvalue weighted by molar-refractivity contribution is 0.0349. The molecule has 3 atom stereocenters. The van der Waals surface area contributed by atoms with Gasteiger partial charge in [0.25, 0.3) is 0 Å². The van der Waals surface area contributed by atoms with Crippen LogP contribution in [-0.4, -0.2) is 12.7 Å². The Bertz CT molecular complexity index is 217. The fourth-order valence-corrected chi connectivity index (χ4v) is 4.21. The molecule has 0 aromatic heterocycles. The number of hydrogen-bond donors (Lipinski definition) is 0. The normalized spacial score (nSPS) is 54.5. The minimum absolute atomic E-state index is 0.578. The molecule has 2 aliphatic carbocycles. The van der Waals surface area contributed by atoms with Crippen molar-refractivity contribution < 1.29 is 4.74 Å². The van der Waals surface area contributed by atoms with Crippen LogP contribution in [0.15, 0.2) is 0 Å². The summed E-state index contributed by atoms with van der Waals surface area (Å²) in [7, 11) is 0. The highest BCUT2D eigenvalue weighted by Crippen LogP contribution is 2.69. The second-order valence-electron chi connectivity index (χ2n) is 5.46. The maximum Gasteiger partial charge on any atom is 0.0640 e. The number of fused-ring (bicyclic) bond motifs is 1. The Morgan fingerprint density at radius 2 is 2.08 bits per heavy atom. The molecule has 68 valence electrons. The summed E-state index contributed by atoms with van der Waals surface area (Å²) in [6.07, 6.45) is 6.22. The molecule has 1 heteroatoms. The van der Waals surface area contributed by atoms with Crippen LogP contribution in [0.1, 0.15) is 39.5 Å². The maximum absolute atomic E-state index is 5.84. The molecule has 3 fully saturated rings. The second kappa shape index (κ2) is 1.89. The van der Waals surface area contributed by atoms with E-state index in [-0.39, 0.29) is 0 Å². The van der Waals surface area contributed by atoms with E-state index in [9.17, 15) is 0 Å². The highest BCUT2D eigenvalue weighted by Gasteiger charge is 2.66. The fourth-order valence-electron chi connectivity index (χ4n) is 4.21. The van der Waals surface area contributed by atoms with Gasteiger partial charge in [-0.2, -0.15) is 0 Å². The highest BCUT2D eigenvalue weighted by molar-refractivity contribution is 5.14. The van der Waals surface area contributed by atoms with Crippen molar-refractivity contribution >= 4 is 0 Å². The van der Waals surface area contributed by atoms with Crippen LogP contribution in [0.25, 0.3) is 0 Å². The molecule has 0 radical (unpaired) electrons. The van der Waals surface area contributed by atoms with E-state index in [0.29, 0.717) is 16.9 Å². The lowest BCUT2D eigenvalue weighted by Gasteiger charge is -2.36. The smallest absolute Gasteiger partial charge is 0.0640 e. The van der Waals surface area contributed by atoms with Gasteiger partial charge in [-0.1, -0.05) is 13.8 Å². The highest BCUT2D eigenvalue weighted by atomic mass is 16.5. The zero-order chi connectivity index (χ0) is 8.40. The van der Waals surface area contributed by atoms with Gasteiger partial charge in [0.05, 0.1) is 6.10 Å². The average molecular weight is 166 g/mol. The number of hydrogen-bond acceptors (Lipinski definition) is 1. The van der Waals surface area contributed by atoms with Crippen molar-refractivity contribution in [3.8, 4) is 0 Å². The molecule has 3 rings (SSSR count). The van der Waals surface area contributed by atoms with Gasteiger partial charge < -0.3 is 4.74 Å². The van der Waals surface area contributed by atoms with Gasteiger partial charge in [-0.05, 0) is 37.0 Å². The lowest BCUT2D eigenvalue weighted by atomic mass is 9.67. The van der Waals surface area contributed by atoms with Crippen LogP contribution in [0.2, 0.25) is 0 Å². The SMILES string of the molecule is CC1(C)[C@H]2CC[C@@]13CCO[C@@H]3C2. The summed E-state index contributed by atoms with van der Waals surface area (Å²) in [6, 6.07) is 0. The van der Waals surface area contributed by atoms with E-state index in [0.717, 1.165) is 12.5 Å². The van der Waals surface area contributed by atoms with Crippen LogP contribution in [0.3, 0.4) is 0 Å².